The molecule has 0 saturated carbocycles. The number of Topliss-reactive ketones (excluding diaryl/α,β-unsaturated/α-hetero) is 1. The average Bonchev–Trinajstić information content (AvgIpc) is 2.65. The van der Waals surface area contributed by atoms with Gasteiger partial charge in [-0.05, 0) is 24.6 Å². The molecule has 8 heteroatoms. The van der Waals surface area contributed by atoms with Gasteiger partial charge in [-0.15, -0.1) is 0 Å². The van der Waals surface area contributed by atoms with Crippen molar-refractivity contribution in [2.45, 2.75) is 26.5 Å². The van der Waals surface area contributed by atoms with Crippen LogP contribution in [0.1, 0.15) is 19.7 Å². The van der Waals surface area contributed by atoms with Crippen molar-refractivity contribution in [3.8, 4) is 0 Å². The van der Waals surface area contributed by atoms with Crippen molar-refractivity contribution in [2.24, 2.45) is 5.92 Å². The smallest absolute Gasteiger partial charge is 0.319 e. The molecule has 0 spiro atoms. The Kier molecular flexibility index (Phi) is 6.74. The van der Waals surface area contributed by atoms with E-state index >= 15 is 0 Å². The van der Waals surface area contributed by atoms with Crippen LogP contribution >= 0.6 is 0 Å². The topological polar surface area (TPSA) is 114 Å². The number of hydrogen-bond acceptors (Lipinski definition) is 8. The SMILES string of the molecule is COC(=O)CNC1C=C(C)C(OCc2ncccn2)=CC1C(=N)C(C)=O. The molecule has 0 amide bonds. The number of carbonyl (C=O) groups excluding carboxylic acids is 2. The molecule has 8 nitrogen and oxygen atoms in total. The second-order valence-corrected chi connectivity index (χ2v) is 5.81. The minimum Gasteiger partial charge on any atom is -0.486 e. The highest BCUT2D eigenvalue weighted by Crippen LogP contribution is 2.26. The maximum atomic E-state index is 11.7. The van der Waals surface area contributed by atoms with Gasteiger partial charge in [0.15, 0.2) is 11.6 Å². The molecule has 26 heavy (non-hydrogen) atoms. The van der Waals surface area contributed by atoms with Crippen molar-refractivity contribution < 1.29 is 19.1 Å². The molecule has 1 heterocycles. The summed E-state index contributed by atoms with van der Waals surface area (Å²) >= 11 is 0. The average molecular weight is 358 g/mol. The first-order chi connectivity index (χ1) is 12.4. The molecule has 0 radical (unpaired) electrons. The summed E-state index contributed by atoms with van der Waals surface area (Å²) in [5, 5.41) is 11.1. The predicted molar refractivity (Wildman–Crippen MR) is 94.4 cm³/mol. The molecule has 1 aromatic rings. The number of nitrogens with zero attached hydrogens (tertiary/aromatic N) is 2. The molecule has 0 aromatic carbocycles. The molecule has 138 valence electrons. The number of ketones is 1. The van der Waals surface area contributed by atoms with Crippen molar-refractivity contribution in [1.82, 2.24) is 15.3 Å². The molecule has 0 fully saturated rings. The highest BCUT2D eigenvalue weighted by Gasteiger charge is 2.30. The van der Waals surface area contributed by atoms with Gasteiger partial charge in [-0.1, -0.05) is 6.08 Å². The fourth-order valence-electron chi connectivity index (χ4n) is 2.52. The van der Waals surface area contributed by atoms with Gasteiger partial charge in [0.2, 0.25) is 0 Å². The standard InChI is InChI=1S/C18H22N4O4/c1-11-7-14(22-9-17(24)25-3)13(18(19)12(2)23)8-15(11)26-10-16-20-5-4-6-21-16/h4-8,13-14,19,22H,9-10H2,1-3H3. The number of nitrogens with one attached hydrogen (secondary N) is 2. The van der Waals surface area contributed by atoms with Crippen LogP contribution in [0.5, 0.6) is 0 Å². The van der Waals surface area contributed by atoms with Crippen LogP contribution in [0.4, 0.5) is 0 Å². The van der Waals surface area contributed by atoms with E-state index in [1.807, 2.05) is 13.0 Å². The van der Waals surface area contributed by atoms with Crippen molar-refractivity contribution in [2.75, 3.05) is 13.7 Å². The van der Waals surface area contributed by atoms with E-state index in [1.54, 1.807) is 24.5 Å². The summed E-state index contributed by atoms with van der Waals surface area (Å²) < 4.78 is 10.4. The van der Waals surface area contributed by atoms with Gasteiger partial charge >= 0.3 is 5.97 Å². The van der Waals surface area contributed by atoms with Crippen molar-refractivity contribution in [1.29, 1.82) is 5.41 Å². The fraction of sp³-hybridized carbons (Fsp3) is 0.389. The molecule has 2 rings (SSSR count). The zero-order valence-corrected chi connectivity index (χ0v) is 15.0. The molecule has 2 N–H and O–H groups in total. The molecule has 1 aromatic heterocycles. The number of hydrogen-bond donors (Lipinski definition) is 2. The molecular formula is C18H22N4O4. The lowest BCUT2D eigenvalue weighted by Crippen LogP contribution is -2.43. The molecule has 1 aliphatic rings. The zero-order chi connectivity index (χ0) is 19.1. The first-order valence-electron chi connectivity index (χ1n) is 8.11. The lowest BCUT2D eigenvalue weighted by molar-refractivity contribution is -0.139. The summed E-state index contributed by atoms with van der Waals surface area (Å²) in [6, 6.07) is 1.34. The van der Waals surface area contributed by atoms with E-state index in [4.69, 9.17) is 10.1 Å². The second kappa shape index (κ2) is 9.00. The third-order valence-corrected chi connectivity index (χ3v) is 3.93. The summed E-state index contributed by atoms with van der Waals surface area (Å²) in [5.74, 6) is -0.214. The Labute approximate surface area is 151 Å². The number of methoxy groups -OCH3 is 1. The molecule has 2 unspecified atom stereocenters. The zero-order valence-electron chi connectivity index (χ0n) is 15.0. The molecule has 0 saturated heterocycles. The van der Waals surface area contributed by atoms with Gasteiger partial charge in [0.05, 0.1) is 19.4 Å². The summed E-state index contributed by atoms with van der Waals surface area (Å²) in [6.07, 6.45) is 6.82. The van der Waals surface area contributed by atoms with Crippen LogP contribution in [0.2, 0.25) is 0 Å². The minimum atomic E-state index is -0.549. The van der Waals surface area contributed by atoms with Gasteiger partial charge in [0.25, 0.3) is 0 Å². The maximum Gasteiger partial charge on any atom is 0.319 e. The minimum absolute atomic E-state index is 0.0193. The monoisotopic (exact) mass is 358 g/mol. The van der Waals surface area contributed by atoms with E-state index < -0.39 is 11.9 Å². The number of carbonyl (C=O) groups is 2. The molecule has 2 atom stereocenters. The highest BCUT2D eigenvalue weighted by molar-refractivity contribution is 6.39. The maximum absolute atomic E-state index is 11.7. The van der Waals surface area contributed by atoms with Crippen LogP contribution < -0.4 is 5.32 Å². The van der Waals surface area contributed by atoms with Crippen LogP contribution in [0, 0.1) is 11.3 Å². The number of ether oxygens (including phenoxy) is 2. The van der Waals surface area contributed by atoms with E-state index in [1.165, 1.54) is 14.0 Å². The molecule has 0 bridgehead atoms. The lowest BCUT2D eigenvalue weighted by Gasteiger charge is -2.28. The van der Waals surface area contributed by atoms with E-state index in [2.05, 4.69) is 20.0 Å². The molecule has 1 aliphatic carbocycles. The van der Waals surface area contributed by atoms with E-state index in [0.717, 1.165) is 5.57 Å². The third-order valence-electron chi connectivity index (χ3n) is 3.93. The van der Waals surface area contributed by atoms with Gasteiger partial charge in [-0.2, -0.15) is 0 Å². The first kappa shape index (κ1) is 19.5. The first-order valence-corrected chi connectivity index (χ1v) is 8.11. The van der Waals surface area contributed by atoms with Crippen LogP contribution in [-0.2, 0) is 25.7 Å². The Hall–Kier alpha value is -2.87. The Morgan fingerprint density at radius 3 is 2.58 bits per heavy atom. The number of aromatic nitrogens is 2. The van der Waals surface area contributed by atoms with Crippen LogP contribution in [0.25, 0.3) is 0 Å². The Balaban J connectivity index is 2.15. The van der Waals surface area contributed by atoms with Crippen LogP contribution in [0.3, 0.4) is 0 Å². The third kappa shape index (κ3) is 5.06. The number of rotatable bonds is 8. The van der Waals surface area contributed by atoms with Crippen molar-refractivity contribution in [3.63, 3.8) is 0 Å². The van der Waals surface area contributed by atoms with E-state index in [-0.39, 0.29) is 30.7 Å². The highest BCUT2D eigenvalue weighted by atomic mass is 16.5. The Morgan fingerprint density at radius 2 is 1.96 bits per heavy atom. The van der Waals surface area contributed by atoms with Crippen LogP contribution in [0.15, 0.2) is 41.9 Å². The van der Waals surface area contributed by atoms with E-state index in [0.29, 0.717) is 11.6 Å². The van der Waals surface area contributed by atoms with Gasteiger partial charge in [0, 0.05) is 31.3 Å². The van der Waals surface area contributed by atoms with E-state index in [9.17, 15) is 9.59 Å². The summed E-state index contributed by atoms with van der Waals surface area (Å²) in [6.45, 7) is 3.36. The van der Waals surface area contributed by atoms with Gasteiger partial charge in [-0.3, -0.25) is 14.9 Å². The van der Waals surface area contributed by atoms with Crippen molar-refractivity contribution >= 4 is 17.5 Å². The molecule has 0 aliphatic heterocycles. The fourth-order valence-corrected chi connectivity index (χ4v) is 2.52. The predicted octanol–water partition coefficient (Wildman–Crippen LogP) is 1.19. The summed E-state index contributed by atoms with van der Waals surface area (Å²) in [5.41, 5.74) is 0.768. The summed E-state index contributed by atoms with van der Waals surface area (Å²) in [4.78, 5) is 31.3. The number of esters is 1. The van der Waals surface area contributed by atoms with Gasteiger partial charge in [-0.25, -0.2) is 9.97 Å². The van der Waals surface area contributed by atoms with Crippen LogP contribution in [-0.4, -0.2) is 47.1 Å². The van der Waals surface area contributed by atoms with Gasteiger partial charge < -0.3 is 14.9 Å². The number of allylic oxidation sites excluding steroid dienone is 1. The largest absolute Gasteiger partial charge is 0.486 e. The van der Waals surface area contributed by atoms with Crippen molar-refractivity contribution in [3.05, 3.63) is 47.8 Å². The summed E-state index contributed by atoms with van der Waals surface area (Å²) in [7, 11) is 1.30. The van der Waals surface area contributed by atoms with Gasteiger partial charge in [0.1, 0.15) is 12.4 Å². The second-order valence-electron chi connectivity index (χ2n) is 5.81. The lowest BCUT2D eigenvalue weighted by atomic mass is 9.86. The quantitative estimate of drug-likeness (QED) is 0.530. The molecular weight excluding hydrogens is 336 g/mol. The Morgan fingerprint density at radius 1 is 1.27 bits per heavy atom. The Bertz CT molecular complexity index is 743. The normalized spacial score (nSPS) is 19.2.